The van der Waals surface area contributed by atoms with Gasteiger partial charge >= 0.3 is 0 Å². The molecule has 1 atom stereocenters. The summed E-state index contributed by atoms with van der Waals surface area (Å²) in [6.45, 7) is 4.27. The van der Waals surface area contributed by atoms with Gasteiger partial charge in [0.15, 0.2) is 0 Å². The van der Waals surface area contributed by atoms with E-state index in [4.69, 9.17) is 22.1 Å². The minimum absolute atomic E-state index is 0.0128. The highest BCUT2D eigenvalue weighted by molar-refractivity contribution is 6.25. The van der Waals surface area contributed by atoms with Crippen molar-refractivity contribution in [3.05, 3.63) is 40.7 Å². The van der Waals surface area contributed by atoms with Gasteiger partial charge in [0, 0.05) is 11.6 Å². The topological polar surface area (TPSA) is 35.2 Å². The molecule has 0 aliphatic carbocycles. The van der Waals surface area contributed by atoms with Crippen LogP contribution in [0.4, 0.5) is 4.39 Å². The van der Waals surface area contributed by atoms with Crippen LogP contribution in [0.15, 0.2) is 29.3 Å². The predicted octanol–water partition coefficient (Wildman–Crippen LogP) is 3.63. The van der Waals surface area contributed by atoms with E-state index in [-0.39, 0.29) is 11.9 Å². The molecule has 1 rings (SSSR count). The Morgan fingerprint density at radius 1 is 1.56 bits per heavy atom. The minimum Gasteiger partial charge on any atom is -0.489 e. The number of nitrogens with two attached hydrogens (primary N) is 1. The molecule has 0 radical (unpaired) electrons. The third-order valence-electron chi connectivity index (χ3n) is 2.67. The lowest BCUT2D eigenvalue weighted by Crippen LogP contribution is -2.22. The van der Waals surface area contributed by atoms with Crippen molar-refractivity contribution in [3.63, 3.8) is 0 Å². The van der Waals surface area contributed by atoms with Crippen molar-refractivity contribution in [1.29, 1.82) is 0 Å². The molecular weight excluding hydrogens is 253 g/mol. The van der Waals surface area contributed by atoms with E-state index in [2.05, 4.69) is 0 Å². The van der Waals surface area contributed by atoms with Crippen LogP contribution in [0.5, 0.6) is 5.75 Å². The van der Waals surface area contributed by atoms with Crippen LogP contribution in [0.3, 0.4) is 0 Å². The first-order chi connectivity index (χ1) is 8.56. The fourth-order valence-electron chi connectivity index (χ4n) is 1.50. The highest BCUT2D eigenvalue weighted by Gasteiger charge is 2.09. The first-order valence-electron chi connectivity index (χ1n) is 5.99. The molecular formula is C14H19ClFNO. The van der Waals surface area contributed by atoms with Crippen molar-refractivity contribution < 1.29 is 9.13 Å². The Kier molecular flexibility index (Phi) is 6.16. The zero-order valence-electron chi connectivity index (χ0n) is 10.7. The molecule has 0 fully saturated rings. The molecule has 0 saturated carbocycles. The highest BCUT2D eigenvalue weighted by Crippen LogP contribution is 2.22. The summed E-state index contributed by atoms with van der Waals surface area (Å²) in [5.74, 6) is 0.392. The summed E-state index contributed by atoms with van der Waals surface area (Å²) >= 11 is 5.57. The van der Waals surface area contributed by atoms with Gasteiger partial charge in [0.25, 0.3) is 0 Å². The number of halogens is 2. The summed E-state index contributed by atoms with van der Waals surface area (Å²) < 4.78 is 18.9. The minimum atomic E-state index is -0.273. The summed E-state index contributed by atoms with van der Waals surface area (Å²) in [5.41, 5.74) is 9.08. The number of hydrogen-bond donors (Lipinski definition) is 1. The van der Waals surface area contributed by atoms with Gasteiger partial charge in [-0.3, -0.25) is 0 Å². The van der Waals surface area contributed by atoms with Crippen LogP contribution in [0, 0.1) is 5.82 Å². The van der Waals surface area contributed by atoms with Gasteiger partial charge in [0.2, 0.25) is 0 Å². The van der Waals surface area contributed by atoms with Gasteiger partial charge in [-0.25, -0.2) is 4.39 Å². The van der Waals surface area contributed by atoms with E-state index in [9.17, 15) is 4.39 Å². The van der Waals surface area contributed by atoms with Crippen molar-refractivity contribution >= 4 is 11.6 Å². The number of ether oxygens (including phenoxy) is 1. The molecule has 2 N–H and O–H groups in total. The Morgan fingerprint density at radius 2 is 2.28 bits per heavy atom. The standard InChI is InChI=1S/C14H19ClFNO/c1-3-13(17)7-11-6-12(16)4-5-14(11)18-9-10(2)8-15/h4-6,8,13H,3,7,9,17H2,1-2H3/b10-8+. The van der Waals surface area contributed by atoms with Gasteiger partial charge in [-0.1, -0.05) is 18.5 Å². The lowest BCUT2D eigenvalue weighted by molar-refractivity contribution is 0.346. The molecule has 4 heteroatoms. The third-order valence-corrected chi connectivity index (χ3v) is 3.04. The molecule has 2 nitrogen and oxygen atoms in total. The van der Waals surface area contributed by atoms with Gasteiger partial charge < -0.3 is 10.5 Å². The van der Waals surface area contributed by atoms with Gasteiger partial charge in [0.05, 0.1) is 0 Å². The zero-order chi connectivity index (χ0) is 13.5. The molecule has 1 aromatic carbocycles. The van der Waals surface area contributed by atoms with E-state index in [1.807, 2.05) is 13.8 Å². The SMILES string of the molecule is CCC(N)Cc1cc(F)ccc1OC/C(C)=C/Cl. The van der Waals surface area contributed by atoms with Gasteiger partial charge in [-0.05, 0) is 49.1 Å². The normalized spacial score (nSPS) is 13.5. The second-order valence-corrected chi connectivity index (χ2v) is 4.59. The Bertz CT molecular complexity index is 420. The van der Waals surface area contributed by atoms with Crippen molar-refractivity contribution in [2.24, 2.45) is 5.73 Å². The lowest BCUT2D eigenvalue weighted by Gasteiger charge is -2.14. The summed E-state index contributed by atoms with van der Waals surface area (Å²) in [6, 6.07) is 4.51. The van der Waals surface area contributed by atoms with Crippen LogP contribution in [-0.2, 0) is 6.42 Å². The fraction of sp³-hybridized carbons (Fsp3) is 0.429. The molecule has 0 spiro atoms. The van der Waals surface area contributed by atoms with E-state index in [0.29, 0.717) is 18.8 Å². The molecule has 18 heavy (non-hydrogen) atoms. The van der Waals surface area contributed by atoms with Gasteiger partial charge in [-0.2, -0.15) is 0 Å². The highest BCUT2D eigenvalue weighted by atomic mass is 35.5. The van der Waals surface area contributed by atoms with Crippen molar-refractivity contribution in [1.82, 2.24) is 0 Å². The molecule has 1 aromatic rings. The van der Waals surface area contributed by atoms with Gasteiger partial charge in [-0.15, -0.1) is 0 Å². The molecule has 0 amide bonds. The van der Waals surface area contributed by atoms with Crippen LogP contribution in [0.1, 0.15) is 25.8 Å². The first kappa shape index (κ1) is 15.0. The Labute approximate surface area is 113 Å². The maximum absolute atomic E-state index is 13.2. The monoisotopic (exact) mass is 271 g/mol. The van der Waals surface area contributed by atoms with E-state index >= 15 is 0 Å². The fourth-order valence-corrected chi connectivity index (χ4v) is 1.56. The maximum Gasteiger partial charge on any atom is 0.123 e. The molecule has 0 aliphatic heterocycles. The molecule has 0 bridgehead atoms. The summed E-state index contributed by atoms with van der Waals surface area (Å²) in [4.78, 5) is 0. The average Bonchev–Trinajstić information content (AvgIpc) is 2.37. The second-order valence-electron chi connectivity index (χ2n) is 4.37. The molecule has 100 valence electrons. The Balaban J connectivity index is 2.82. The van der Waals surface area contributed by atoms with Crippen LogP contribution in [0.25, 0.3) is 0 Å². The van der Waals surface area contributed by atoms with E-state index in [1.165, 1.54) is 17.7 Å². The smallest absolute Gasteiger partial charge is 0.123 e. The molecule has 0 aromatic heterocycles. The number of rotatable bonds is 6. The van der Waals surface area contributed by atoms with Crippen molar-refractivity contribution in [3.8, 4) is 5.75 Å². The van der Waals surface area contributed by atoms with Gasteiger partial charge in [0.1, 0.15) is 18.2 Å². The largest absolute Gasteiger partial charge is 0.489 e. The lowest BCUT2D eigenvalue weighted by atomic mass is 10.0. The van der Waals surface area contributed by atoms with E-state index in [1.54, 1.807) is 6.07 Å². The predicted molar refractivity (Wildman–Crippen MR) is 73.5 cm³/mol. The maximum atomic E-state index is 13.2. The first-order valence-corrected chi connectivity index (χ1v) is 6.43. The van der Waals surface area contributed by atoms with E-state index < -0.39 is 0 Å². The molecule has 0 saturated heterocycles. The van der Waals surface area contributed by atoms with Crippen LogP contribution < -0.4 is 10.5 Å². The summed E-state index contributed by atoms with van der Waals surface area (Å²) in [5, 5.41) is 0. The van der Waals surface area contributed by atoms with Crippen LogP contribution >= 0.6 is 11.6 Å². The van der Waals surface area contributed by atoms with Crippen LogP contribution in [0.2, 0.25) is 0 Å². The third kappa shape index (κ3) is 4.67. The molecule has 0 aliphatic rings. The zero-order valence-corrected chi connectivity index (χ0v) is 11.5. The molecule has 1 unspecified atom stereocenters. The Hall–Kier alpha value is -1.06. The van der Waals surface area contributed by atoms with Crippen molar-refractivity contribution in [2.45, 2.75) is 32.7 Å². The Morgan fingerprint density at radius 3 is 2.89 bits per heavy atom. The second kappa shape index (κ2) is 7.39. The summed E-state index contributed by atoms with van der Waals surface area (Å²) in [7, 11) is 0. The average molecular weight is 272 g/mol. The van der Waals surface area contributed by atoms with Crippen molar-refractivity contribution in [2.75, 3.05) is 6.61 Å². The summed E-state index contributed by atoms with van der Waals surface area (Å²) in [6.07, 6.45) is 1.45. The molecule has 0 heterocycles. The number of hydrogen-bond acceptors (Lipinski definition) is 2. The number of benzene rings is 1. The quantitative estimate of drug-likeness (QED) is 0.858. The van der Waals surface area contributed by atoms with Crippen LogP contribution in [-0.4, -0.2) is 12.6 Å². The van der Waals surface area contributed by atoms with E-state index in [0.717, 1.165) is 17.6 Å².